The maximum absolute atomic E-state index is 12.2. The zero-order chi connectivity index (χ0) is 15.6. The van der Waals surface area contributed by atoms with Crippen LogP contribution in [-0.2, 0) is 10.8 Å². The minimum absolute atomic E-state index is 0.0901. The topological polar surface area (TPSA) is 46.2 Å². The summed E-state index contributed by atoms with van der Waals surface area (Å²) in [5, 5.41) is 3.06. The predicted octanol–water partition coefficient (Wildman–Crippen LogP) is 3.37. The second-order valence-corrected chi connectivity index (χ2v) is 8.43. The summed E-state index contributed by atoms with van der Waals surface area (Å²) in [6.45, 7) is 10.5. The van der Waals surface area contributed by atoms with E-state index in [0.717, 1.165) is 11.3 Å². The number of carbonyl (C=O) groups is 1. The van der Waals surface area contributed by atoms with Gasteiger partial charge in [-0.2, -0.15) is 0 Å². The first-order valence-electron chi connectivity index (χ1n) is 6.76. The predicted molar refractivity (Wildman–Crippen MR) is 84.4 cm³/mol. The van der Waals surface area contributed by atoms with Crippen LogP contribution in [0.1, 0.15) is 51.4 Å². The Balaban J connectivity index is 2.78. The molecule has 0 aliphatic rings. The third kappa shape index (κ3) is 5.45. The van der Waals surface area contributed by atoms with Crippen LogP contribution in [0.3, 0.4) is 0 Å². The Morgan fingerprint density at radius 2 is 1.60 bits per heavy atom. The summed E-state index contributed by atoms with van der Waals surface area (Å²) in [4.78, 5) is 13.0. The Morgan fingerprint density at radius 3 is 2.00 bits per heavy atom. The molecule has 1 aromatic rings. The molecule has 0 radical (unpaired) electrons. The lowest BCUT2D eigenvalue weighted by molar-refractivity contribution is 0.0891. The molecule has 0 bridgehead atoms. The molecule has 1 aromatic carbocycles. The van der Waals surface area contributed by atoms with E-state index in [9.17, 15) is 9.00 Å². The first-order chi connectivity index (χ1) is 9.00. The van der Waals surface area contributed by atoms with E-state index in [1.165, 1.54) is 0 Å². The highest BCUT2D eigenvalue weighted by Crippen LogP contribution is 2.27. The molecule has 1 amide bonds. The van der Waals surface area contributed by atoms with Crippen molar-refractivity contribution in [3.05, 3.63) is 29.8 Å². The molecule has 20 heavy (non-hydrogen) atoms. The monoisotopic (exact) mass is 295 g/mol. The van der Waals surface area contributed by atoms with E-state index in [0.29, 0.717) is 5.56 Å². The molecule has 3 nitrogen and oxygen atoms in total. The van der Waals surface area contributed by atoms with E-state index < -0.39 is 10.8 Å². The van der Waals surface area contributed by atoms with Crippen LogP contribution in [0.2, 0.25) is 0 Å². The van der Waals surface area contributed by atoms with E-state index in [4.69, 9.17) is 0 Å². The fraction of sp³-hybridized carbons (Fsp3) is 0.562. The van der Waals surface area contributed by atoms with E-state index in [-0.39, 0.29) is 16.9 Å². The molecule has 1 unspecified atom stereocenters. The van der Waals surface area contributed by atoms with Crippen LogP contribution < -0.4 is 5.32 Å². The molecule has 0 fully saturated rings. The van der Waals surface area contributed by atoms with Gasteiger partial charge in [-0.05, 0) is 49.9 Å². The molecule has 0 saturated carbocycles. The molecule has 112 valence electrons. The fourth-order valence-electron chi connectivity index (χ4n) is 2.55. The summed E-state index contributed by atoms with van der Waals surface area (Å²) in [7, 11) is -1.01. The summed E-state index contributed by atoms with van der Waals surface area (Å²) in [5.41, 5.74) is 0.489. The number of rotatable bonds is 4. The van der Waals surface area contributed by atoms with Gasteiger partial charge >= 0.3 is 0 Å². The Morgan fingerprint density at radius 1 is 1.10 bits per heavy atom. The average molecular weight is 295 g/mol. The van der Waals surface area contributed by atoms with Crippen molar-refractivity contribution in [2.24, 2.45) is 5.41 Å². The molecule has 1 N–H and O–H groups in total. The summed E-state index contributed by atoms with van der Waals surface area (Å²) < 4.78 is 11.3. The molecule has 0 aromatic heterocycles. The van der Waals surface area contributed by atoms with Crippen molar-refractivity contribution in [1.29, 1.82) is 0 Å². The largest absolute Gasteiger partial charge is 0.347 e. The van der Waals surface area contributed by atoms with Crippen LogP contribution in [-0.4, -0.2) is 21.9 Å². The Hall–Kier alpha value is -1.16. The second kappa shape index (κ2) is 6.08. The van der Waals surface area contributed by atoms with E-state index in [1.807, 2.05) is 13.8 Å². The number of carbonyl (C=O) groups excluding carboxylic acids is 1. The molecular formula is C16H25NO2S. The van der Waals surface area contributed by atoms with Gasteiger partial charge in [0.1, 0.15) is 0 Å². The third-order valence-corrected chi connectivity index (χ3v) is 3.81. The lowest BCUT2D eigenvalue weighted by Gasteiger charge is -2.33. The van der Waals surface area contributed by atoms with E-state index in [1.54, 1.807) is 30.5 Å². The van der Waals surface area contributed by atoms with Crippen molar-refractivity contribution < 1.29 is 9.00 Å². The van der Waals surface area contributed by atoms with Gasteiger partial charge in [0.25, 0.3) is 5.91 Å². The highest BCUT2D eigenvalue weighted by molar-refractivity contribution is 7.84. The van der Waals surface area contributed by atoms with Gasteiger partial charge in [0.05, 0.1) is 0 Å². The van der Waals surface area contributed by atoms with Gasteiger partial charge < -0.3 is 5.32 Å². The van der Waals surface area contributed by atoms with Crippen LogP contribution in [0.5, 0.6) is 0 Å². The van der Waals surface area contributed by atoms with E-state index >= 15 is 0 Å². The van der Waals surface area contributed by atoms with Crippen LogP contribution >= 0.6 is 0 Å². The molecule has 0 spiro atoms. The molecule has 0 saturated heterocycles. The minimum Gasteiger partial charge on any atom is -0.347 e. The first kappa shape index (κ1) is 16.9. The Labute approximate surface area is 124 Å². The van der Waals surface area contributed by atoms with Gasteiger partial charge in [-0.25, -0.2) is 0 Å². The molecular weight excluding hydrogens is 270 g/mol. The minimum atomic E-state index is -1.01. The van der Waals surface area contributed by atoms with Gasteiger partial charge in [-0.15, -0.1) is 0 Å². The van der Waals surface area contributed by atoms with Gasteiger partial charge in [-0.1, -0.05) is 20.8 Å². The van der Waals surface area contributed by atoms with Crippen molar-refractivity contribution >= 4 is 16.7 Å². The third-order valence-electron chi connectivity index (χ3n) is 2.87. The quantitative estimate of drug-likeness (QED) is 0.925. The number of hydrogen-bond donors (Lipinski definition) is 1. The first-order valence-corrected chi connectivity index (χ1v) is 8.32. The molecule has 0 aliphatic heterocycles. The summed E-state index contributed by atoms with van der Waals surface area (Å²) in [5.74, 6) is -0.0901. The van der Waals surface area contributed by atoms with Gasteiger partial charge in [0.2, 0.25) is 0 Å². The fourth-order valence-corrected chi connectivity index (χ4v) is 3.07. The summed E-state index contributed by atoms with van der Waals surface area (Å²) >= 11 is 0. The highest BCUT2D eigenvalue weighted by atomic mass is 32.2. The van der Waals surface area contributed by atoms with Crippen molar-refractivity contribution in [2.45, 2.75) is 51.5 Å². The van der Waals surface area contributed by atoms with Crippen molar-refractivity contribution in [3.8, 4) is 0 Å². The molecule has 4 heteroatoms. The normalized spacial score (nSPS) is 13.9. The lowest BCUT2D eigenvalue weighted by atomic mass is 9.81. The summed E-state index contributed by atoms with van der Waals surface area (Å²) in [6.07, 6.45) is 2.52. The zero-order valence-corrected chi connectivity index (χ0v) is 14.1. The standard InChI is InChI=1S/C16H25NO2S/c1-15(2,3)11-16(4,5)17-14(18)12-7-9-13(10-8-12)20(6)19/h7-10H,11H2,1-6H3,(H,17,18). The maximum Gasteiger partial charge on any atom is 0.251 e. The van der Waals surface area contributed by atoms with Gasteiger partial charge in [-0.3, -0.25) is 9.00 Å². The SMILES string of the molecule is CS(=O)c1ccc(C(=O)NC(C)(C)CC(C)(C)C)cc1. The summed E-state index contributed by atoms with van der Waals surface area (Å²) in [6, 6.07) is 6.92. The van der Waals surface area contributed by atoms with Gasteiger partial charge in [0, 0.05) is 33.1 Å². The van der Waals surface area contributed by atoms with Crippen LogP contribution in [0.25, 0.3) is 0 Å². The van der Waals surface area contributed by atoms with E-state index in [2.05, 4.69) is 26.1 Å². The van der Waals surface area contributed by atoms with Crippen molar-refractivity contribution in [2.75, 3.05) is 6.26 Å². The molecule has 1 atom stereocenters. The highest BCUT2D eigenvalue weighted by Gasteiger charge is 2.27. The van der Waals surface area contributed by atoms with Crippen LogP contribution in [0, 0.1) is 5.41 Å². The number of nitrogens with one attached hydrogen (secondary N) is 1. The number of amides is 1. The van der Waals surface area contributed by atoms with Crippen molar-refractivity contribution in [3.63, 3.8) is 0 Å². The lowest BCUT2D eigenvalue weighted by Crippen LogP contribution is -2.45. The van der Waals surface area contributed by atoms with Crippen LogP contribution in [0.15, 0.2) is 29.2 Å². The maximum atomic E-state index is 12.2. The molecule has 0 heterocycles. The molecule has 1 rings (SSSR count). The smallest absolute Gasteiger partial charge is 0.251 e. The number of benzene rings is 1. The zero-order valence-electron chi connectivity index (χ0n) is 13.2. The Bertz CT molecular complexity index is 498. The number of hydrogen-bond acceptors (Lipinski definition) is 2. The van der Waals surface area contributed by atoms with Crippen molar-refractivity contribution in [1.82, 2.24) is 5.32 Å². The second-order valence-electron chi connectivity index (χ2n) is 7.05. The Kier molecular flexibility index (Phi) is 5.14. The van der Waals surface area contributed by atoms with Gasteiger partial charge in [0.15, 0.2) is 0 Å². The molecule has 0 aliphatic carbocycles. The van der Waals surface area contributed by atoms with Crippen LogP contribution in [0.4, 0.5) is 0 Å². The average Bonchev–Trinajstić information content (AvgIpc) is 2.24.